The van der Waals surface area contributed by atoms with E-state index >= 15 is 0 Å². The molecule has 5 nitrogen and oxygen atoms in total. The minimum atomic E-state index is -0.525. The van der Waals surface area contributed by atoms with Gasteiger partial charge in [-0.2, -0.15) is 5.10 Å². The van der Waals surface area contributed by atoms with E-state index in [4.69, 9.17) is 17.3 Å². The van der Waals surface area contributed by atoms with E-state index in [0.717, 1.165) is 5.56 Å². The van der Waals surface area contributed by atoms with Crippen molar-refractivity contribution in [3.05, 3.63) is 40.7 Å². The van der Waals surface area contributed by atoms with Crippen LogP contribution in [0.15, 0.2) is 24.3 Å². The number of nitrogens with one attached hydrogen (secondary N) is 2. The predicted octanol–water partition coefficient (Wildman–Crippen LogP) is 3.38. The number of H-pyrrole nitrogens is 1. The number of nitrogens with two attached hydrogens (primary N) is 1. The molecule has 0 aliphatic heterocycles. The molecule has 1 aromatic carbocycles. The second-order valence-electron chi connectivity index (χ2n) is 4.39. The van der Waals surface area contributed by atoms with Crippen LogP contribution in [0, 0.1) is 12.7 Å². The van der Waals surface area contributed by atoms with E-state index < -0.39 is 5.82 Å². The summed E-state index contributed by atoms with van der Waals surface area (Å²) in [6, 6.07) is 6.73. The summed E-state index contributed by atoms with van der Waals surface area (Å²) in [6.07, 6.45) is 0. The maximum atomic E-state index is 14.0. The molecule has 2 heterocycles. The Hall–Kier alpha value is -2.34. The highest BCUT2D eigenvalue weighted by Gasteiger charge is 2.12. The third-order valence-corrected chi connectivity index (χ3v) is 3.47. The molecule has 7 heteroatoms. The molecule has 0 aliphatic carbocycles. The summed E-state index contributed by atoms with van der Waals surface area (Å²) < 4.78 is 14.0. The maximum Gasteiger partial charge on any atom is 0.185 e. The molecule has 0 bridgehead atoms. The Kier molecular flexibility index (Phi) is 2.94. The lowest BCUT2D eigenvalue weighted by Crippen LogP contribution is -1.99. The van der Waals surface area contributed by atoms with Gasteiger partial charge in [-0.15, -0.1) is 0 Å². The fourth-order valence-corrected chi connectivity index (χ4v) is 2.07. The first-order valence-corrected chi connectivity index (χ1v) is 6.26. The SMILES string of the molecule is Cc1cccc(Nc2nc3n[nH]c(N)c3cc2F)c1Cl. The van der Waals surface area contributed by atoms with Crippen molar-refractivity contribution in [2.24, 2.45) is 0 Å². The number of benzene rings is 1. The zero-order chi connectivity index (χ0) is 14.3. The van der Waals surface area contributed by atoms with Crippen LogP contribution in [0.5, 0.6) is 0 Å². The monoisotopic (exact) mass is 291 g/mol. The number of hydrogen-bond acceptors (Lipinski definition) is 4. The van der Waals surface area contributed by atoms with Gasteiger partial charge in [0.25, 0.3) is 0 Å². The summed E-state index contributed by atoms with van der Waals surface area (Å²) in [5.41, 5.74) is 7.44. The largest absolute Gasteiger partial charge is 0.384 e. The molecule has 4 N–H and O–H groups in total. The molecule has 0 radical (unpaired) electrons. The molecule has 0 atom stereocenters. The minimum absolute atomic E-state index is 0.0523. The summed E-state index contributed by atoms with van der Waals surface area (Å²) in [7, 11) is 0. The number of pyridine rings is 1. The van der Waals surface area contributed by atoms with Crippen molar-refractivity contribution < 1.29 is 4.39 Å². The predicted molar refractivity (Wildman–Crippen MR) is 77.7 cm³/mol. The average Bonchev–Trinajstić information content (AvgIpc) is 2.77. The number of rotatable bonds is 2. The summed E-state index contributed by atoms with van der Waals surface area (Å²) in [6.45, 7) is 1.87. The van der Waals surface area contributed by atoms with E-state index in [9.17, 15) is 4.39 Å². The molecule has 2 aromatic heterocycles. The Morgan fingerprint density at radius 3 is 3.00 bits per heavy atom. The van der Waals surface area contributed by atoms with Crippen LogP contribution in [0.2, 0.25) is 5.02 Å². The van der Waals surface area contributed by atoms with Crippen molar-refractivity contribution in [2.75, 3.05) is 11.1 Å². The second kappa shape index (κ2) is 4.64. The lowest BCUT2D eigenvalue weighted by molar-refractivity contribution is 0.629. The van der Waals surface area contributed by atoms with E-state index in [0.29, 0.717) is 21.7 Å². The molecular formula is C13H11ClFN5. The van der Waals surface area contributed by atoms with Gasteiger partial charge in [-0.05, 0) is 24.6 Å². The Labute approximate surface area is 119 Å². The summed E-state index contributed by atoms with van der Waals surface area (Å²) in [4.78, 5) is 4.09. The molecule has 20 heavy (non-hydrogen) atoms. The third kappa shape index (κ3) is 2.04. The van der Waals surface area contributed by atoms with Gasteiger partial charge in [-0.3, -0.25) is 5.10 Å². The van der Waals surface area contributed by atoms with Gasteiger partial charge in [0, 0.05) is 0 Å². The van der Waals surface area contributed by atoms with Gasteiger partial charge in [0.1, 0.15) is 5.82 Å². The smallest absolute Gasteiger partial charge is 0.185 e. The molecule has 0 spiro atoms. The van der Waals surface area contributed by atoms with E-state index in [2.05, 4.69) is 20.5 Å². The van der Waals surface area contributed by atoms with Crippen molar-refractivity contribution in [3.63, 3.8) is 0 Å². The number of fused-ring (bicyclic) bond motifs is 1. The summed E-state index contributed by atoms with van der Waals surface area (Å²) in [5, 5.41) is 10.3. The first kappa shape index (κ1) is 12.7. The fourth-order valence-electron chi connectivity index (χ4n) is 1.90. The molecule has 0 aliphatic rings. The number of halogens is 2. The first-order chi connectivity index (χ1) is 9.56. The molecule has 3 aromatic rings. The van der Waals surface area contributed by atoms with Crippen LogP contribution >= 0.6 is 11.6 Å². The van der Waals surface area contributed by atoms with Gasteiger partial charge >= 0.3 is 0 Å². The molecule has 0 fully saturated rings. The van der Waals surface area contributed by atoms with Crippen LogP contribution in [-0.2, 0) is 0 Å². The number of aromatic amines is 1. The topological polar surface area (TPSA) is 79.6 Å². The number of nitrogen functional groups attached to an aromatic ring is 1. The number of aromatic nitrogens is 3. The lowest BCUT2D eigenvalue weighted by Gasteiger charge is -2.09. The van der Waals surface area contributed by atoms with E-state index in [1.807, 2.05) is 19.1 Å². The lowest BCUT2D eigenvalue weighted by atomic mass is 10.2. The van der Waals surface area contributed by atoms with Crippen LogP contribution in [0.3, 0.4) is 0 Å². The number of nitrogens with zero attached hydrogens (tertiary/aromatic N) is 2. The van der Waals surface area contributed by atoms with E-state index in [-0.39, 0.29) is 11.6 Å². The van der Waals surface area contributed by atoms with Gasteiger partial charge < -0.3 is 11.1 Å². The Bertz CT molecular complexity index is 799. The van der Waals surface area contributed by atoms with E-state index in [1.165, 1.54) is 6.07 Å². The molecule has 0 amide bonds. The molecule has 3 rings (SSSR count). The number of aryl methyl sites for hydroxylation is 1. The molecule has 0 unspecified atom stereocenters. The molecular weight excluding hydrogens is 281 g/mol. The van der Waals surface area contributed by atoms with Gasteiger partial charge in [0.2, 0.25) is 0 Å². The Balaban J connectivity index is 2.06. The van der Waals surface area contributed by atoms with Gasteiger partial charge in [0.15, 0.2) is 17.3 Å². The van der Waals surface area contributed by atoms with Gasteiger partial charge in [-0.1, -0.05) is 23.7 Å². The number of hydrogen-bond donors (Lipinski definition) is 3. The molecule has 102 valence electrons. The van der Waals surface area contributed by atoms with Gasteiger partial charge in [-0.25, -0.2) is 9.37 Å². The van der Waals surface area contributed by atoms with Crippen molar-refractivity contribution in [3.8, 4) is 0 Å². The van der Waals surface area contributed by atoms with Crippen molar-refractivity contribution in [2.45, 2.75) is 6.92 Å². The van der Waals surface area contributed by atoms with Crippen molar-refractivity contribution in [1.29, 1.82) is 0 Å². The Morgan fingerprint density at radius 1 is 1.40 bits per heavy atom. The maximum absolute atomic E-state index is 14.0. The zero-order valence-electron chi connectivity index (χ0n) is 10.5. The standard InChI is InChI=1S/C13H11ClFN5/c1-6-3-2-4-9(10(6)14)17-13-8(15)5-7-11(16)19-20-12(7)18-13/h2-5H,1H3,(H4,16,17,18,19,20). The molecule has 0 saturated heterocycles. The van der Waals surface area contributed by atoms with Crippen molar-refractivity contribution >= 4 is 40.0 Å². The van der Waals surface area contributed by atoms with Crippen LogP contribution < -0.4 is 11.1 Å². The van der Waals surface area contributed by atoms with Gasteiger partial charge in [0.05, 0.1) is 16.1 Å². The highest BCUT2D eigenvalue weighted by molar-refractivity contribution is 6.34. The van der Waals surface area contributed by atoms with Crippen LogP contribution in [0.4, 0.5) is 21.7 Å². The van der Waals surface area contributed by atoms with Crippen LogP contribution in [0.25, 0.3) is 11.0 Å². The number of anilines is 3. The summed E-state index contributed by atoms with van der Waals surface area (Å²) >= 11 is 6.16. The highest BCUT2D eigenvalue weighted by atomic mass is 35.5. The van der Waals surface area contributed by atoms with Crippen molar-refractivity contribution in [1.82, 2.24) is 15.2 Å². The zero-order valence-corrected chi connectivity index (χ0v) is 11.3. The third-order valence-electron chi connectivity index (χ3n) is 2.97. The quantitative estimate of drug-likeness (QED) is 0.676. The minimum Gasteiger partial charge on any atom is -0.384 e. The second-order valence-corrected chi connectivity index (χ2v) is 4.77. The molecule has 0 saturated carbocycles. The Morgan fingerprint density at radius 2 is 2.20 bits per heavy atom. The highest BCUT2D eigenvalue weighted by Crippen LogP contribution is 2.29. The van der Waals surface area contributed by atoms with Crippen LogP contribution in [-0.4, -0.2) is 15.2 Å². The summed E-state index contributed by atoms with van der Waals surface area (Å²) in [5.74, 6) is -0.189. The first-order valence-electron chi connectivity index (χ1n) is 5.88. The normalized spacial score (nSPS) is 10.9. The fraction of sp³-hybridized carbons (Fsp3) is 0.0769. The van der Waals surface area contributed by atoms with Crippen LogP contribution in [0.1, 0.15) is 5.56 Å². The average molecular weight is 292 g/mol. The van der Waals surface area contributed by atoms with E-state index in [1.54, 1.807) is 6.07 Å².